The zero-order chi connectivity index (χ0) is 16.6. The number of likely N-dealkylation sites (tertiary alicyclic amines) is 1. The maximum atomic E-state index is 12.5. The van der Waals surface area contributed by atoms with E-state index in [0.717, 1.165) is 31.4 Å². The summed E-state index contributed by atoms with van der Waals surface area (Å²) in [5.41, 5.74) is 0.773. The van der Waals surface area contributed by atoms with Gasteiger partial charge in [-0.3, -0.25) is 10.1 Å². The first kappa shape index (κ1) is 15.8. The first-order valence-electron chi connectivity index (χ1n) is 8.24. The lowest BCUT2D eigenvalue weighted by atomic mass is 10.2. The van der Waals surface area contributed by atoms with Crippen molar-refractivity contribution in [2.75, 3.05) is 18.4 Å². The normalized spacial score (nSPS) is 20.7. The minimum absolute atomic E-state index is 0.0663. The Kier molecular flexibility index (Phi) is 4.28. The van der Waals surface area contributed by atoms with E-state index in [-0.39, 0.29) is 24.0 Å². The van der Waals surface area contributed by atoms with Crippen LogP contribution in [0, 0.1) is 13.8 Å². The van der Waals surface area contributed by atoms with E-state index in [1.165, 1.54) is 0 Å². The third-order valence-electron chi connectivity index (χ3n) is 4.68. The summed E-state index contributed by atoms with van der Waals surface area (Å²) >= 11 is 0. The summed E-state index contributed by atoms with van der Waals surface area (Å²) in [6, 6.07) is 0.473. The number of rotatable bonds is 4. The molecule has 0 spiro atoms. The topological polar surface area (TPSA) is 78.7 Å². The largest absolute Gasteiger partial charge is 0.428 e. The highest BCUT2D eigenvalue weighted by Gasteiger charge is 2.36. The third kappa shape index (κ3) is 3.48. The van der Waals surface area contributed by atoms with Gasteiger partial charge in [0, 0.05) is 26.1 Å². The fourth-order valence-corrected chi connectivity index (χ4v) is 3.13. The van der Waals surface area contributed by atoms with Crippen molar-refractivity contribution in [3.8, 4) is 0 Å². The maximum absolute atomic E-state index is 12.5. The molecule has 2 heterocycles. The first-order chi connectivity index (χ1) is 11.0. The van der Waals surface area contributed by atoms with Crippen molar-refractivity contribution in [1.82, 2.24) is 14.8 Å². The van der Waals surface area contributed by atoms with Crippen LogP contribution in [0.4, 0.5) is 10.8 Å². The molecular formula is C16H24N4O3. The smallest absolute Gasteiger partial charge is 0.325 e. The van der Waals surface area contributed by atoms with E-state index in [4.69, 9.17) is 4.42 Å². The minimum atomic E-state index is -0.201. The van der Waals surface area contributed by atoms with Gasteiger partial charge in [-0.05, 0) is 39.5 Å². The van der Waals surface area contributed by atoms with Crippen LogP contribution in [0.25, 0.3) is 0 Å². The lowest BCUT2D eigenvalue weighted by Gasteiger charge is -2.30. The zero-order valence-corrected chi connectivity index (χ0v) is 14.0. The molecule has 1 aromatic heterocycles. The third-order valence-corrected chi connectivity index (χ3v) is 4.68. The summed E-state index contributed by atoms with van der Waals surface area (Å²) in [5.74, 6) is 0.800. The van der Waals surface area contributed by atoms with Gasteiger partial charge in [0.15, 0.2) is 0 Å². The van der Waals surface area contributed by atoms with Crippen molar-refractivity contribution in [3.05, 3.63) is 11.5 Å². The Morgan fingerprint density at radius 2 is 2.09 bits per heavy atom. The van der Waals surface area contributed by atoms with Crippen LogP contribution in [-0.4, -0.2) is 51.9 Å². The SMILES string of the molecule is CC(=O)N(CC1CCCN1C(=O)Nc1nc(C)c(C)o1)C1CC1. The predicted molar refractivity (Wildman–Crippen MR) is 85.1 cm³/mol. The van der Waals surface area contributed by atoms with Crippen molar-refractivity contribution in [2.24, 2.45) is 0 Å². The highest BCUT2D eigenvalue weighted by Crippen LogP contribution is 2.29. The van der Waals surface area contributed by atoms with Gasteiger partial charge in [0.1, 0.15) is 5.76 Å². The molecule has 23 heavy (non-hydrogen) atoms. The summed E-state index contributed by atoms with van der Waals surface area (Å²) in [4.78, 5) is 32.2. The summed E-state index contributed by atoms with van der Waals surface area (Å²) in [5, 5.41) is 2.73. The van der Waals surface area contributed by atoms with Crippen molar-refractivity contribution < 1.29 is 14.0 Å². The molecule has 2 aliphatic rings. The molecule has 1 aromatic rings. The standard InChI is InChI=1S/C16H24N4O3/c1-10-11(2)23-15(17-10)18-16(22)19-8-4-5-14(19)9-20(12(3)21)13-6-7-13/h13-14H,4-9H2,1-3H3,(H,17,18,22). The number of urea groups is 1. The molecular weight excluding hydrogens is 296 g/mol. The van der Waals surface area contributed by atoms with Gasteiger partial charge in [-0.1, -0.05) is 0 Å². The number of nitrogens with one attached hydrogen (secondary N) is 1. The Labute approximate surface area is 136 Å². The van der Waals surface area contributed by atoms with Gasteiger partial charge < -0.3 is 14.2 Å². The lowest BCUT2D eigenvalue weighted by Crippen LogP contribution is -2.46. The Morgan fingerprint density at radius 3 is 2.65 bits per heavy atom. The molecule has 1 saturated heterocycles. The first-order valence-corrected chi connectivity index (χ1v) is 8.24. The second-order valence-electron chi connectivity index (χ2n) is 6.48. The molecule has 0 radical (unpaired) electrons. The van der Waals surface area contributed by atoms with Gasteiger partial charge in [-0.2, -0.15) is 4.98 Å². The molecule has 1 saturated carbocycles. The molecule has 3 rings (SSSR count). The van der Waals surface area contributed by atoms with Crippen LogP contribution in [0.3, 0.4) is 0 Å². The van der Waals surface area contributed by atoms with Crippen LogP contribution < -0.4 is 5.32 Å². The molecule has 2 fully saturated rings. The van der Waals surface area contributed by atoms with Gasteiger partial charge >= 0.3 is 12.0 Å². The Morgan fingerprint density at radius 1 is 1.35 bits per heavy atom. The molecule has 1 atom stereocenters. The van der Waals surface area contributed by atoms with E-state index in [2.05, 4.69) is 10.3 Å². The molecule has 0 bridgehead atoms. The van der Waals surface area contributed by atoms with Crippen molar-refractivity contribution in [1.29, 1.82) is 0 Å². The van der Waals surface area contributed by atoms with Crippen LogP contribution in [0.2, 0.25) is 0 Å². The fourth-order valence-electron chi connectivity index (χ4n) is 3.13. The number of oxazole rings is 1. The molecule has 7 nitrogen and oxygen atoms in total. The number of aromatic nitrogens is 1. The van der Waals surface area contributed by atoms with Crippen LogP contribution in [0.15, 0.2) is 4.42 Å². The highest BCUT2D eigenvalue weighted by molar-refractivity contribution is 5.87. The molecule has 1 unspecified atom stereocenters. The Balaban J connectivity index is 1.63. The number of amides is 3. The van der Waals surface area contributed by atoms with E-state index >= 15 is 0 Å². The number of nitrogens with zero attached hydrogens (tertiary/aromatic N) is 3. The van der Waals surface area contributed by atoms with Gasteiger partial charge in [-0.15, -0.1) is 0 Å². The summed E-state index contributed by atoms with van der Waals surface area (Å²) in [6.07, 6.45) is 4.03. The monoisotopic (exact) mass is 320 g/mol. The predicted octanol–water partition coefficient (Wildman–Crippen LogP) is 2.30. The maximum Gasteiger partial charge on any atom is 0.325 e. The van der Waals surface area contributed by atoms with Crippen molar-refractivity contribution in [2.45, 2.75) is 58.5 Å². The fraction of sp³-hybridized carbons (Fsp3) is 0.688. The second kappa shape index (κ2) is 6.22. The van der Waals surface area contributed by atoms with Crippen molar-refractivity contribution >= 4 is 18.0 Å². The van der Waals surface area contributed by atoms with Gasteiger partial charge in [0.05, 0.1) is 11.7 Å². The molecule has 3 amide bonds. The summed E-state index contributed by atoms with van der Waals surface area (Å²) < 4.78 is 5.41. The molecule has 1 aliphatic carbocycles. The van der Waals surface area contributed by atoms with E-state index in [1.807, 2.05) is 18.7 Å². The van der Waals surface area contributed by atoms with E-state index in [1.54, 1.807) is 11.8 Å². The average Bonchev–Trinajstić information content (AvgIpc) is 3.12. The van der Waals surface area contributed by atoms with E-state index < -0.39 is 0 Å². The molecule has 126 valence electrons. The highest BCUT2D eigenvalue weighted by atomic mass is 16.4. The average molecular weight is 320 g/mol. The summed E-state index contributed by atoms with van der Waals surface area (Å²) in [6.45, 7) is 6.59. The number of hydrogen-bond donors (Lipinski definition) is 1. The number of anilines is 1. The Hall–Kier alpha value is -2.05. The zero-order valence-electron chi connectivity index (χ0n) is 14.0. The second-order valence-corrected chi connectivity index (χ2v) is 6.48. The van der Waals surface area contributed by atoms with Crippen LogP contribution in [0.1, 0.15) is 44.1 Å². The van der Waals surface area contributed by atoms with Crippen LogP contribution in [-0.2, 0) is 4.79 Å². The number of carbonyl (C=O) groups excluding carboxylic acids is 2. The summed E-state index contributed by atoms with van der Waals surface area (Å²) in [7, 11) is 0. The molecule has 0 aromatic carbocycles. The number of aryl methyl sites for hydroxylation is 2. The molecule has 1 N–H and O–H groups in total. The van der Waals surface area contributed by atoms with Gasteiger partial charge in [0.25, 0.3) is 0 Å². The lowest BCUT2D eigenvalue weighted by molar-refractivity contribution is -0.130. The van der Waals surface area contributed by atoms with E-state index in [0.29, 0.717) is 24.9 Å². The molecule has 7 heteroatoms. The van der Waals surface area contributed by atoms with Gasteiger partial charge in [-0.25, -0.2) is 4.79 Å². The Bertz CT molecular complexity index is 589. The quantitative estimate of drug-likeness (QED) is 0.923. The van der Waals surface area contributed by atoms with E-state index in [9.17, 15) is 9.59 Å². The number of hydrogen-bond acceptors (Lipinski definition) is 4. The van der Waals surface area contributed by atoms with Crippen LogP contribution in [0.5, 0.6) is 0 Å². The number of carbonyl (C=O) groups is 2. The van der Waals surface area contributed by atoms with Crippen molar-refractivity contribution in [3.63, 3.8) is 0 Å². The minimum Gasteiger partial charge on any atom is -0.428 e. The molecule has 1 aliphatic heterocycles. The van der Waals surface area contributed by atoms with Gasteiger partial charge in [0.2, 0.25) is 5.91 Å². The van der Waals surface area contributed by atoms with Crippen LogP contribution >= 0.6 is 0 Å².